The van der Waals surface area contributed by atoms with Crippen LogP contribution in [0.2, 0.25) is 5.02 Å². The number of hydrogen-bond acceptors (Lipinski definition) is 3. The second-order valence-corrected chi connectivity index (χ2v) is 5.00. The van der Waals surface area contributed by atoms with E-state index < -0.39 is 4.92 Å². The Kier molecular flexibility index (Phi) is 5.25. The zero-order valence-electron chi connectivity index (χ0n) is 11.2. The maximum absolute atomic E-state index is 13.0. The lowest BCUT2D eigenvalue weighted by Gasteiger charge is -2.07. The fourth-order valence-electron chi connectivity index (χ4n) is 1.94. The Balaban J connectivity index is 1.85. The molecule has 0 heterocycles. The second-order valence-electron chi connectivity index (χ2n) is 4.59. The monoisotopic (exact) mass is 308 g/mol. The molecule has 0 radical (unpaired) electrons. The highest BCUT2D eigenvalue weighted by Gasteiger charge is 2.08. The van der Waals surface area contributed by atoms with E-state index >= 15 is 0 Å². The largest absolute Gasteiger partial charge is 0.312 e. The van der Waals surface area contributed by atoms with Gasteiger partial charge in [0, 0.05) is 18.7 Å². The first-order valence-electron chi connectivity index (χ1n) is 6.44. The minimum absolute atomic E-state index is 0.0245. The van der Waals surface area contributed by atoms with Gasteiger partial charge < -0.3 is 5.32 Å². The quantitative estimate of drug-likeness (QED) is 0.503. The van der Waals surface area contributed by atoms with Gasteiger partial charge in [0.2, 0.25) is 0 Å². The van der Waals surface area contributed by atoms with E-state index in [2.05, 4.69) is 5.32 Å². The van der Waals surface area contributed by atoms with Crippen LogP contribution in [0.4, 0.5) is 10.1 Å². The molecule has 6 heteroatoms. The van der Waals surface area contributed by atoms with Crippen molar-refractivity contribution in [3.63, 3.8) is 0 Å². The molecule has 0 saturated carbocycles. The van der Waals surface area contributed by atoms with Gasteiger partial charge in [-0.25, -0.2) is 4.39 Å². The molecule has 0 aliphatic heterocycles. The van der Waals surface area contributed by atoms with Crippen LogP contribution in [0.25, 0.3) is 0 Å². The van der Waals surface area contributed by atoms with Crippen LogP contribution in [0.1, 0.15) is 11.1 Å². The minimum Gasteiger partial charge on any atom is -0.312 e. The van der Waals surface area contributed by atoms with Crippen LogP contribution in [-0.2, 0) is 13.0 Å². The Morgan fingerprint density at radius 3 is 2.71 bits per heavy atom. The van der Waals surface area contributed by atoms with Gasteiger partial charge in [-0.3, -0.25) is 10.1 Å². The Morgan fingerprint density at radius 2 is 2.05 bits per heavy atom. The third-order valence-corrected chi connectivity index (χ3v) is 3.39. The Morgan fingerprint density at radius 1 is 1.24 bits per heavy atom. The average Bonchev–Trinajstić information content (AvgIpc) is 2.45. The van der Waals surface area contributed by atoms with Crippen molar-refractivity contribution in [1.82, 2.24) is 5.32 Å². The summed E-state index contributed by atoms with van der Waals surface area (Å²) in [4.78, 5) is 10.1. The first kappa shape index (κ1) is 15.4. The maximum atomic E-state index is 13.0. The molecule has 0 aromatic heterocycles. The van der Waals surface area contributed by atoms with Crippen molar-refractivity contribution in [2.45, 2.75) is 13.0 Å². The highest BCUT2D eigenvalue weighted by molar-refractivity contribution is 6.31. The van der Waals surface area contributed by atoms with Crippen molar-refractivity contribution >= 4 is 17.3 Å². The highest BCUT2D eigenvalue weighted by atomic mass is 35.5. The van der Waals surface area contributed by atoms with E-state index in [4.69, 9.17) is 11.6 Å². The number of benzene rings is 2. The van der Waals surface area contributed by atoms with E-state index in [1.165, 1.54) is 24.3 Å². The number of rotatable bonds is 6. The van der Waals surface area contributed by atoms with Crippen molar-refractivity contribution in [2.75, 3.05) is 6.54 Å². The number of non-ortho nitro benzene ring substituents is 1. The van der Waals surface area contributed by atoms with Crippen LogP contribution in [0.15, 0.2) is 42.5 Å². The molecule has 0 aliphatic carbocycles. The number of hydrogen-bond donors (Lipinski definition) is 1. The zero-order valence-corrected chi connectivity index (χ0v) is 11.9. The third-order valence-electron chi connectivity index (χ3n) is 3.04. The molecule has 0 fully saturated rings. The summed E-state index contributed by atoms with van der Waals surface area (Å²) in [6.45, 7) is 1.17. The van der Waals surface area contributed by atoms with Crippen LogP contribution in [0.5, 0.6) is 0 Å². The van der Waals surface area contributed by atoms with Crippen molar-refractivity contribution < 1.29 is 9.31 Å². The summed E-state index contributed by atoms with van der Waals surface area (Å²) >= 11 is 6.00. The number of nitro groups is 1. The second kappa shape index (κ2) is 7.15. The van der Waals surface area contributed by atoms with Gasteiger partial charge in [0.15, 0.2) is 0 Å². The highest BCUT2D eigenvalue weighted by Crippen LogP contribution is 2.22. The molecule has 21 heavy (non-hydrogen) atoms. The standard InChI is InChI=1S/C15H14ClFN2O2/c16-15-9-14(19(20)21)5-4-12(15)10-18-7-6-11-2-1-3-13(17)8-11/h1-5,8-9,18H,6-7,10H2. The molecular weight excluding hydrogens is 295 g/mol. The predicted molar refractivity (Wildman–Crippen MR) is 79.9 cm³/mol. The molecule has 0 bridgehead atoms. The summed E-state index contributed by atoms with van der Waals surface area (Å²) in [6, 6.07) is 10.9. The molecule has 0 spiro atoms. The van der Waals surface area contributed by atoms with E-state index in [1.807, 2.05) is 6.07 Å². The molecule has 1 N–H and O–H groups in total. The van der Waals surface area contributed by atoms with Crippen LogP contribution in [0.3, 0.4) is 0 Å². The van der Waals surface area contributed by atoms with E-state index in [1.54, 1.807) is 12.1 Å². The van der Waals surface area contributed by atoms with Gasteiger partial charge in [0.05, 0.1) is 9.95 Å². The average molecular weight is 309 g/mol. The Bertz CT molecular complexity index is 649. The van der Waals surface area contributed by atoms with Crippen molar-refractivity contribution in [2.24, 2.45) is 0 Å². The van der Waals surface area contributed by atoms with Crippen LogP contribution in [0, 0.1) is 15.9 Å². The fraction of sp³-hybridized carbons (Fsp3) is 0.200. The molecule has 0 aliphatic rings. The van der Waals surface area contributed by atoms with Crippen molar-refractivity contribution in [3.05, 3.63) is 74.5 Å². The lowest BCUT2D eigenvalue weighted by molar-refractivity contribution is -0.384. The van der Waals surface area contributed by atoms with Crippen LogP contribution < -0.4 is 5.32 Å². The Labute approximate surface area is 126 Å². The summed E-state index contributed by atoms with van der Waals surface area (Å²) < 4.78 is 13.0. The number of nitro benzene ring substituents is 1. The molecule has 2 rings (SSSR count). The van der Waals surface area contributed by atoms with E-state index in [-0.39, 0.29) is 11.5 Å². The van der Waals surface area contributed by atoms with Crippen LogP contribution >= 0.6 is 11.6 Å². The maximum Gasteiger partial charge on any atom is 0.270 e. The summed E-state index contributed by atoms with van der Waals surface area (Å²) in [6.07, 6.45) is 0.697. The lowest BCUT2D eigenvalue weighted by Crippen LogP contribution is -2.17. The normalized spacial score (nSPS) is 10.6. The summed E-state index contributed by atoms with van der Waals surface area (Å²) in [7, 11) is 0. The van der Waals surface area contributed by atoms with Crippen molar-refractivity contribution in [1.29, 1.82) is 0 Å². The van der Waals surface area contributed by atoms with Crippen LogP contribution in [-0.4, -0.2) is 11.5 Å². The van der Waals surface area contributed by atoms with Gasteiger partial charge in [0.25, 0.3) is 5.69 Å². The topological polar surface area (TPSA) is 55.2 Å². The number of nitrogens with one attached hydrogen (secondary N) is 1. The zero-order chi connectivity index (χ0) is 15.2. The molecule has 2 aromatic rings. The third kappa shape index (κ3) is 4.51. The molecule has 0 saturated heterocycles. The van der Waals surface area contributed by atoms with E-state index in [0.29, 0.717) is 24.5 Å². The summed E-state index contributed by atoms with van der Waals surface area (Å²) in [5.41, 5.74) is 1.68. The van der Waals surface area contributed by atoms with Gasteiger partial charge in [-0.1, -0.05) is 23.7 Å². The van der Waals surface area contributed by atoms with Gasteiger partial charge in [-0.15, -0.1) is 0 Å². The van der Waals surface area contributed by atoms with Gasteiger partial charge >= 0.3 is 0 Å². The SMILES string of the molecule is O=[N+]([O-])c1ccc(CNCCc2cccc(F)c2)c(Cl)c1. The molecule has 2 aromatic carbocycles. The van der Waals surface area contributed by atoms with Gasteiger partial charge in [-0.05, 0) is 42.3 Å². The van der Waals surface area contributed by atoms with E-state index in [9.17, 15) is 14.5 Å². The minimum atomic E-state index is -0.479. The van der Waals surface area contributed by atoms with E-state index in [0.717, 1.165) is 11.1 Å². The van der Waals surface area contributed by atoms with Gasteiger partial charge in [-0.2, -0.15) is 0 Å². The molecule has 0 amide bonds. The molecule has 110 valence electrons. The number of halogens is 2. The summed E-state index contributed by atoms with van der Waals surface area (Å²) in [5, 5.41) is 14.2. The first-order chi connectivity index (χ1) is 10.1. The molecular formula is C15H14ClFN2O2. The molecule has 0 atom stereocenters. The molecule has 4 nitrogen and oxygen atoms in total. The lowest BCUT2D eigenvalue weighted by atomic mass is 10.1. The Hall–Kier alpha value is -1.98. The van der Waals surface area contributed by atoms with Gasteiger partial charge in [0.1, 0.15) is 5.82 Å². The fourth-order valence-corrected chi connectivity index (χ4v) is 2.18. The smallest absolute Gasteiger partial charge is 0.270 e. The molecule has 0 unspecified atom stereocenters. The first-order valence-corrected chi connectivity index (χ1v) is 6.82. The predicted octanol–water partition coefficient (Wildman–Crippen LogP) is 3.72. The summed E-state index contributed by atoms with van der Waals surface area (Å²) in [5.74, 6) is -0.245. The number of nitrogens with zero attached hydrogens (tertiary/aromatic N) is 1. The van der Waals surface area contributed by atoms with Crippen molar-refractivity contribution in [3.8, 4) is 0 Å².